The van der Waals surface area contributed by atoms with Gasteiger partial charge in [-0.15, -0.1) is 0 Å². The fourth-order valence-corrected chi connectivity index (χ4v) is 3.13. The van der Waals surface area contributed by atoms with Crippen LogP contribution in [0.1, 0.15) is 38.6 Å². The molecule has 3 heterocycles. The molecule has 4 aromatic rings. The fraction of sp³-hybridized carbons (Fsp3) is 0.227. The quantitative estimate of drug-likeness (QED) is 0.542. The summed E-state index contributed by atoms with van der Waals surface area (Å²) in [4.78, 5) is 17.0. The average molecular weight is 390 g/mol. The Bertz CT molecular complexity index is 1140. The van der Waals surface area contributed by atoms with Gasteiger partial charge in [-0.25, -0.2) is 4.98 Å². The van der Waals surface area contributed by atoms with E-state index < -0.39 is 0 Å². The number of imidazole rings is 1. The summed E-state index contributed by atoms with van der Waals surface area (Å²) in [6.07, 6.45) is 3.87. The highest BCUT2D eigenvalue weighted by Crippen LogP contribution is 2.18. The Morgan fingerprint density at radius 2 is 1.97 bits per heavy atom. The Morgan fingerprint density at radius 1 is 1.17 bits per heavy atom. The van der Waals surface area contributed by atoms with Gasteiger partial charge < -0.3 is 19.0 Å². The Labute approximate surface area is 168 Å². The molecule has 0 aliphatic heterocycles. The number of benzene rings is 1. The van der Waals surface area contributed by atoms with E-state index in [1.165, 1.54) is 0 Å². The number of hydrogen-bond donors (Lipinski definition) is 1. The summed E-state index contributed by atoms with van der Waals surface area (Å²) in [5, 5.41) is 6.82. The molecule has 0 unspecified atom stereocenters. The first-order valence-corrected chi connectivity index (χ1v) is 9.37. The number of nitrogens with one attached hydrogen (secondary N) is 1. The third-order valence-corrected chi connectivity index (χ3v) is 4.84. The highest BCUT2D eigenvalue weighted by Gasteiger charge is 2.11. The molecule has 1 N–H and O–H groups in total. The number of fused-ring (bicyclic) bond motifs is 1. The highest BCUT2D eigenvalue weighted by atomic mass is 16.5. The van der Waals surface area contributed by atoms with E-state index in [-0.39, 0.29) is 5.91 Å². The molecule has 0 bridgehead atoms. The summed E-state index contributed by atoms with van der Waals surface area (Å²) in [6.45, 7) is 6.49. The van der Waals surface area contributed by atoms with Crippen LogP contribution in [0.5, 0.6) is 5.75 Å². The van der Waals surface area contributed by atoms with Crippen LogP contribution >= 0.6 is 0 Å². The number of rotatable bonds is 6. The minimum absolute atomic E-state index is 0.156. The summed E-state index contributed by atoms with van der Waals surface area (Å²) in [5.41, 5.74) is 5.13. The van der Waals surface area contributed by atoms with Crippen molar-refractivity contribution < 1.29 is 14.1 Å². The van der Waals surface area contributed by atoms with Crippen LogP contribution in [0.3, 0.4) is 0 Å². The molecule has 1 amide bonds. The Hall–Kier alpha value is -3.61. The van der Waals surface area contributed by atoms with E-state index in [0.717, 1.165) is 33.9 Å². The molecular formula is C22H22N4O3. The van der Waals surface area contributed by atoms with Crippen LogP contribution in [0.15, 0.2) is 53.3 Å². The van der Waals surface area contributed by atoms with Gasteiger partial charge in [0, 0.05) is 18.0 Å². The van der Waals surface area contributed by atoms with Crippen LogP contribution in [0.25, 0.3) is 5.65 Å². The lowest BCUT2D eigenvalue weighted by atomic mass is 10.2. The topological polar surface area (TPSA) is 81.7 Å². The maximum atomic E-state index is 12.4. The molecule has 0 spiro atoms. The lowest BCUT2D eigenvalue weighted by Crippen LogP contribution is -2.22. The summed E-state index contributed by atoms with van der Waals surface area (Å²) in [6, 6.07) is 11.0. The van der Waals surface area contributed by atoms with Gasteiger partial charge in [0.25, 0.3) is 5.91 Å². The second-order valence-electron chi connectivity index (χ2n) is 6.95. The van der Waals surface area contributed by atoms with E-state index in [0.29, 0.717) is 24.5 Å². The maximum absolute atomic E-state index is 12.4. The van der Waals surface area contributed by atoms with Crippen molar-refractivity contribution in [1.82, 2.24) is 19.9 Å². The van der Waals surface area contributed by atoms with Crippen LogP contribution in [0.4, 0.5) is 0 Å². The van der Waals surface area contributed by atoms with Gasteiger partial charge in [-0.3, -0.25) is 4.79 Å². The molecular weight excluding hydrogens is 368 g/mol. The van der Waals surface area contributed by atoms with Gasteiger partial charge in [-0.05, 0) is 56.7 Å². The predicted octanol–water partition coefficient (Wildman–Crippen LogP) is 3.76. The van der Waals surface area contributed by atoms with Crippen LogP contribution in [0, 0.1) is 20.8 Å². The number of aryl methyl sites for hydroxylation is 3. The molecule has 0 radical (unpaired) electrons. The summed E-state index contributed by atoms with van der Waals surface area (Å²) < 4.78 is 12.9. The number of nitrogens with zero attached hydrogens (tertiary/aromatic N) is 3. The Morgan fingerprint density at radius 3 is 2.66 bits per heavy atom. The van der Waals surface area contributed by atoms with Gasteiger partial charge in [-0.2, -0.15) is 0 Å². The Balaban J connectivity index is 1.35. The van der Waals surface area contributed by atoms with E-state index in [1.54, 1.807) is 24.3 Å². The molecule has 0 saturated heterocycles. The number of aromatic nitrogens is 3. The number of pyridine rings is 1. The third kappa shape index (κ3) is 3.99. The zero-order valence-electron chi connectivity index (χ0n) is 16.6. The molecule has 0 saturated carbocycles. The van der Waals surface area contributed by atoms with E-state index in [9.17, 15) is 4.79 Å². The van der Waals surface area contributed by atoms with Crippen LogP contribution in [-0.4, -0.2) is 20.4 Å². The monoisotopic (exact) mass is 390 g/mol. The molecule has 0 fully saturated rings. The maximum Gasteiger partial charge on any atom is 0.251 e. The van der Waals surface area contributed by atoms with E-state index in [2.05, 4.69) is 15.5 Å². The summed E-state index contributed by atoms with van der Waals surface area (Å²) in [5.74, 6) is 1.27. The molecule has 7 heteroatoms. The van der Waals surface area contributed by atoms with Gasteiger partial charge in [0.2, 0.25) is 0 Å². The number of carbonyl (C=O) groups excluding carboxylic acids is 1. The van der Waals surface area contributed by atoms with Crippen LogP contribution < -0.4 is 10.1 Å². The van der Waals surface area contributed by atoms with Crippen LogP contribution in [0.2, 0.25) is 0 Å². The first-order valence-electron chi connectivity index (χ1n) is 9.37. The molecule has 7 nitrogen and oxygen atoms in total. The van der Waals surface area contributed by atoms with Crippen molar-refractivity contribution in [3.05, 3.63) is 82.6 Å². The van der Waals surface area contributed by atoms with Gasteiger partial charge >= 0.3 is 0 Å². The molecule has 0 aliphatic rings. The van der Waals surface area contributed by atoms with E-state index in [4.69, 9.17) is 9.26 Å². The smallest absolute Gasteiger partial charge is 0.251 e. The van der Waals surface area contributed by atoms with Gasteiger partial charge in [0.05, 0.1) is 23.5 Å². The number of ether oxygens (including phenoxy) is 1. The van der Waals surface area contributed by atoms with Crippen molar-refractivity contribution in [2.75, 3.05) is 0 Å². The number of amides is 1. The number of carbonyl (C=O) groups is 1. The first-order chi connectivity index (χ1) is 14.0. The molecule has 0 atom stereocenters. The zero-order valence-corrected chi connectivity index (χ0v) is 16.6. The molecule has 1 aromatic carbocycles. The minimum atomic E-state index is -0.156. The zero-order chi connectivity index (χ0) is 20.4. The summed E-state index contributed by atoms with van der Waals surface area (Å²) >= 11 is 0. The summed E-state index contributed by atoms with van der Waals surface area (Å²) in [7, 11) is 0. The normalized spacial score (nSPS) is 11.0. The minimum Gasteiger partial charge on any atom is -0.489 e. The number of hydrogen-bond acceptors (Lipinski definition) is 5. The second kappa shape index (κ2) is 7.79. The highest BCUT2D eigenvalue weighted by molar-refractivity contribution is 5.94. The molecule has 3 aromatic heterocycles. The first kappa shape index (κ1) is 18.7. The van der Waals surface area contributed by atoms with Crippen molar-refractivity contribution in [3.63, 3.8) is 0 Å². The van der Waals surface area contributed by atoms with E-state index in [1.807, 2.05) is 49.7 Å². The standard InChI is InChI=1S/C22H22N4O3/c1-14-5-4-10-26-12-18(24-21(14)26)11-23-22(27)17-6-8-19(9-7-17)28-13-20-15(2)25-29-16(20)3/h4-10,12H,11,13H2,1-3H3,(H,23,27). The van der Waals surface area contributed by atoms with Crippen LogP contribution in [-0.2, 0) is 13.2 Å². The van der Waals surface area contributed by atoms with Gasteiger partial charge in [0.1, 0.15) is 23.8 Å². The molecule has 0 aliphatic carbocycles. The Kier molecular flexibility index (Phi) is 5.03. The van der Waals surface area contributed by atoms with Crippen molar-refractivity contribution in [3.8, 4) is 5.75 Å². The van der Waals surface area contributed by atoms with Crippen molar-refractivity contribution >= 4 is 11.6 Å². The largest absolute Gasteiger partial charge is 0.489 e. The molecule has 4 rings (SSSR count). The van der Waals surface area contributed by atoms with Crippen molar-refractivity contribution in [1.29, 1.82) is 0 Å². The van der Waals surface area contributed by atoms with E-state index >= 15 is 0 Å². The van der Waals surface area contributed by atoms with Crippen molar-refractivity contribution in [2.24, 2.45) is 0 Å². The second-order valence-corrected chi connectivity index (χ2v) is 6.95. The fourth-order valence-electron chi connectivity index (χ4n) is 3.13. The SMILES string of the molecule is Cc1noc(C)c1COc1ccc(C(=O)NCc2cn3cccc(C)c3n2)cc1. The third-order valence-electron chi connectivity index (χ3n) is 4.84. The van der Waals surface area contributed by atoms with Gasteiger partial charge in [0.15, 0.2) is 0 Å². The molecule has 29 heavy (non-hydrogen) atoms. The predicted molar refractivity (Wildman–Crippen MR) is 108 cm³/mol. The molecule has 148 valence electrons. The average Bonchev–Trinajstić information content (AvgIpc) is 3.29. The lowest BCUT2D eigenvalue weighted by molar-refractivity contribution is 0.0950. The van der Waals surface area contributed by atoms with Crippen molar-refractivity contribution in [2.45, 2.75) is 33.9 Å². The van der Waals surface area contributed by atoms with Gasteiger partial charge in [-0.1, -0.05) is 11.2 Å². The lowest BCUT2D eigenvalue weighted by Gasteiger charge is -2.07.